The van der Waals surface area contributed by atoms with Gasteiger partial charge in [-0.2, -0.15) is 0 Å². The second kappa shape index (κ2) is 10.6. The van der Waals surface area contributed by atoms with Crippen molar-refractivity contribution in [3.05, 3.63) is 64.7 Å². The Morgan fingerprint density at radius 2 is 1.72 bits per heavy atom. The predicted molar refractivity (Wildman–Crippen MR) is 143 cm³/mol. The van der Waals surface area contributed by atoms with E-state index < -0.39 is 48.2 Å². The first-order chi connectivity index (χ1) is 18.5. The summed E-state index contributed by atoms with van der Waals surface area (Å²) in [5, 5.41) is 3.25. The summed E-state index contributed by atoms with van der Waals surface area (Å²) in [7, 11) is 3.64. The van der Waals surface area contributed by atoms with Crippen LogP contribution in [0.1, 0.15) is 36.4 Å². The van der Waals surface area contributed by atoms with Gasteiger partial charge in [0.25, 0.3) is 11.8 Å². The molecule has 2 aromatic carbocycles. The highest BCUT2D eigenvalue weighted by molar-refractivity contribution is 6.30. The van der Waals surface area contributed by atoms with Crippen LogP contribution in [0.25, 0.3) is 0 Å². The Balaban J connectivity index is 1.36. The van der Waals surface area contributed by atoms with Gasteiger partial charge in [-0.05, 0) is 61.9 Å². The third-order valence-electron chi connectivity index (χ3n) is 7.93. The number of carbonyl (C=O) groups is 3. The molecule has 4 atom stereocenters. The van der Waals surface area contributed by atoms with Gasteiger partial charge in [0.05, 0.1) is 5.92 Å². The van der Waals surface area contributed by atoms with Crippen LogP contribution in [-0.4, -0.2) is 77.6 Å². The second-order valence-electron chi connectivity index (χ2n) is 10.5. The zero-order valence-electron chi connectivity index (χ0n) is 21.7. The Hall–Kier alpha value is -3.48. The lowest BCUT2D eigenvalue weighted by Gasteiger charge is -2.52. The molecule has 1 aliphatic carbocycles. The quantitative estimate of drug-likeness (QED) is 0.586. The Morgan fingerprint density at radius 1 is 1.03 bits per heavy atom. The van der Waals surface area contributed by atoms with Crippen LogP contribution >= 0.6 is 11.6 Å². The van der Waals surface area contributed by atoms with Crippen molar-refractivity contribution in [2.75, 3.05) is 32.5 Å². The lowest BCUT2D eigenvalue weighted by Crippen LogP contribution is -2.67. The van der Waals surface area contributed by atoms with Crippen LogP contribution < -0.4 is 5.32 Å². The van der Waals surface area contributed by atoms with E-state index in [1.165, 1.54) is 4.90 Å². The molecule has 39 heavy (non-hydrogen) atoms. The van der Waals surface area contributed by atoms with Gasteiger partial charge in [-0.25, -0.2) is 8.78 Å². The third-order valence-corrected chi connectivity index (χ3v) is 8.18. The normalized spacial score (nSPS) is 26.1. The summed E-state index contributed by atoms with van der Waals surface area (Å²) in [6, 6.07) is 10.8. The molecule has 1 saturated carbocycles. The Kier molecular flexibility index (Phi) is 7.36. The molecular formula is C29H29ClF2N4O3. The van der Waals surface area contributed by atoms with E-state index in [1.54, 1.807) is 60.5 Å². The number of nitrogens with one attached hydrogen (secondary N) is 1. The van der Waals surface area contributed by atoms with Gasteiger partial charge in [-0.15, -0.1) is 0 Å². The molecule has 3 unspecified atom stereocenters. The average molecular weight is 555 g/mol. The predicted octanol–water partition coefficient (Wildman–Crippen LogP) is 3.79. The molecule has 0 radical (unpaired) electrons. The van der Waals surface area contributed by atoms with Gasteiger partial charge < -0.3 is 15.1 Å². The van der Waals surface area contributed by atoms with Crippen molar-refractivity contribution in [2.45, 2.75) is 43.3 Å². The van der Waals surface area contributed by atoms with E-state index >= 15 is 0 Å². The second-order valence-corrected chi connectivity index (χ2v) is 10.9. The zero-order valence-corrected chi connectivity index (χ0v) is 22.4. The molecule has 7 nitrogen and oxygen atoms in total. The molecule has 1 N–H and O–H groups in total. The molecule has 10 heteroatoms. The van der Waals surface area contributed by atoms with E-state index in [-0.39, 0.29) is 12.3 Å². The van der Waals surface area contributed by atoms with Gasteiger partial charge in [0.15, 0.2) is 0 Å². The number of fused-ring (bicyclic) bond motifs is 3. The third kappa shape index (κ3) is 5.36. The van der Waals surface area contributed by atoms with E-state index in [0.29, 0.717) is 29.2 Å². The van der Waals surface area contributed by atoms with Crippen molar-refractivity contribution in [1.82, 2.24) is 14.7 Å². The first-order valence-electron chi connectivity index (χ1n) is 12.9. The Labute approximate surface area is 231 Å². The van der Waals surface area contributed by atoms with Gasteiger partial charge in [0.1, 0.15) is 12.1 Å². The number of piperazine rings is 1. The number of nitrogens with zero attached hydrogens (tertiary/aromatic N) is 3. The number of benzene rings is 2. The van der Waals surface area contributed by atoms with E-state index in [1.807, 2.05) is 11.9 Å². The highest BCUT2D eigenvalue weighted by Gasteiger charge is 2.60. The summed E-state index contributed by atoms with van der Waals surface area (Å²) in [6.07, 6.45) is 0.0547. The van der Waals surface area contributed by atoms with Crippen molar-refractivity contribution in [2.24, 2.45) is 5.92 Å². The topological polar surface area (TPSA) is 73.0 Å². The molecule has 3 amide bonds. The fraction of sp³-hybridized carbons (Fsp3) is 0.414. The minimum Gasteiger partial charge on any atom is -0.343 e. The number of rotatable bonds is 3. The zero-order chi connectivity index (χ0) is 27.9. The van der Waals surface area contributed by atoms with Gasteiger partial charge in [-0.3, -0.25) is 19.3 Å². The van der Waals surface area contributed by atoms with Crippen LogP contribution in [0.4, 0.5) is 14.5 Å². The van der Waals surface area contributed by atoms with Crippen molar-refractivity contribution in [3.8, 4) is 11.8 Å². The molecule has 204 valence electrons. The van der Waals surface area contributed by atoms with Crippen LogP contribution in [0.3, 0.4) is 0 Å². The van der Waals surface area contributed by atoms with Crippen molar-refractivity contribution < 1.29 is 23.2 Å². The molecule has 0 aromatic heterocycles. The molecule has 4 fully saturated rings. The summed E-state index contributed by atoms with van der Waals surface area (Å²) in [5.74, 6) is -0.430. The number of hydrogen-bond acceptors (Lipinski definition) is 4. The maximum absolute atomic E-state index is 14.9. The molecule has 2 bridgehead atoms. The monoisotopic (exact) mass is 554 g/mol. The van der Waals surface area contributed by atoms with E-state index in [4.69, 9.17) is 11.6 Å². The SMILES string of the molecule is CN1CCN(C)C(c2ccc(NC(=O)[C@H]3C4CCC(CC4(F)F)N3C(=O)C#Cc3ccc(Cl)cc3)cc2)C1=O. The number of carbonyl (C=O) groups excluding carboxylic acids is 3. The summed E-state index contributed by atoms with van der Waals surface area (Å²) in [6.45, 7) is 1.38. The van der Waals surface area contributed by atoms with Gasteiger partial charge >= 0.3 is 0 Å². The maximum Gasteiger partial charge on any atom is 0.299 e. The molecule has 3 saturated heterocycles. The van der Waals surface area contributed by atoms with Crippen LogP contribution in [0.2, 0.25) is 5.02 Å². The molecule has 2 aromatic rings. The molecule has 6 rings (SSSR count). The van der Waals surface area contributed by atoms with Gasteiger partial charge in [0, 0.05) is 54.8 Å². The highest BCUT2D eigenvalue weighted by Crippen LogP contribution is 2.49. The molecule has 3 heterocycles. The Morgan fingerprint density at radius 3 is 2.38 bits per heavy atom. The lowest BCUT2D eigenvalue weighted by molar-refractivity contribution is -0.189. The van der Waals surface area contributed by atoms with Gasteiger partial charge in [0.2, 0.25) is 11.8 Å². The number of hydrogen-bond donors (Lipinski definition) is 1. The number of anilines is 1. The van der Waals surface area contributed by atoms with E-state index in [9.17, 15) is 23.2 Å². The first-order valence-corrected chi connectivity index (χ1v) is 13.3. The van der Waals surface area contributed by atoms with E-state index in [2.05, 4.69) is 17.2 Å². The molecule has 3 aliphatic heterocycles. The van der Waals surface area contributed by atoms with Crippen molar-refractivity contribution >= 4 is 35.0 Å². The highest BCUT2D eigenvalue weighted by atomic mass is 35.5. The van der Waals surface area contributed by atoms with Crippen LogP contribution in [-0.2, 0) is 14.4 Å². The minimum absolute atomic E-state index is 0.0186. The van der Waals surface area contributed by atoms with Crippen LogP contribution in [0.5, 0.6) is 0 Å². The van der Waals surface area contributed by atoms with Gasteiger partial charge in [-0.1, -0.05) is 29.7 Å². The van der Waals surface area contributed by atoms with Crippen LogP contribution in [0.15, 0.2) is 48.5 Å². The summed E-state index contributed by atoms with van der Waals surface area (Å²) in [4.78, 5) is 44.2. The smallest absolute Gasteiger partial charge is 0.299 e. The molecular weight excluding hydrogens is 526 g/mol. The summed E-state index contributed by atoms with van der Waals surface area (Å²) in [5.41, 5.74) is 1.71. The minimum atomic E-state index is -3.06. The molecule has 0 spiro atoms. The number of alkyl halides is 2. The number of halogens is 3. The van der Waals surface area contributed by atoms with Crippen molar-refractivity contribution in [3.63, 3.8) is 0 Å². The first kappa shape index (κ1) is 27.1. The average Bonchev–Trinajstić information content (AvgIpc) is 2.90. The fourth-order valence-corrected chi connectivity index (χ4v) is 5.95. The van der Waals surface area contributed by atoms with E-state index in [0.717, 1.165) is 12.1 Å². The fourth-order valence-electron chi connectivity index (χ4n) is 5.83. The summed E-state index contributed by atoms with van der Waals surface area (Å²) < 4.78 is 29.9. The summed E-state index contributed by atoms with van der Waals surface area (Å²) >= 11 is 5.89. The maximum atomic E-state index is 14.9. The largest absolute Gasteiger partial charge is 0.343 e. The standard InChI is InChI=1S/C29H29ClF2N4O3/c1-34-15-16-35(2)28(39)25(34)19-6-10-21(11-7-19)33-27(38)26-23-13-12-22(17-29(23,31)32)36(26)24(37)14-5-18-3-8-20(30)9-4-18/h3-4,6-11,22-23,25-26H,12-13,15-17H2,1-2H3,(H,33,38)/t22?,23?,25?,26-/m1/s1. The number of amides is 3. The lowest BCUT2D eigenvalue weighted by atomic mass is 9.71. The Bertz CT molecular complexity index is 1340. The number of piperidine rings is 2. The molecule has 4 aliphatic rings. The van der Waals surface area contributed by atoms with Crippen molar-refractivity contribution in [1.29, 1.82) is 0 Å². The number of likely N-dealkylation sites (N-methyl/N-ethyl adjacent to an activating group) is 2. The van der Waals surface area contributed by atoms with Crippen LogP contribution in [0, 0.1) is 17.8 Å².